The monoisotopic (exact) mass is 240 g/mol. The van der Waals surface area contributed by atoms with Crippen LogP contribution in [0.5, 0.6) is 0 Å². The van der Waals surface area contributed by atoms with Gasteiger partial charge in [0.2, 0.25) is 0 Å². The van der Waals surface area contributed by atoms with E-state index in [4.69, 9.17) is 9.84 Å². The molecule has 0 spiro atoms. The quantitative estimate of drug-likeness (QED) is 0.794. The molecule has 17 heavy (non-hydrogen) atoms. The van der Waals surface area contributed by atoms with Crippen LogP contribution in [0.3, 0.4) is 0 Å². The van der Waals surface area contributed by atoms with E-state index in [1.807, 2.05) is 0 Å². The molecule has 0 radical (unpaired) electrons. The summed E-state index contributed by atoms with van der Waals surface area (Å²) in [5.74, 6) is 0.576. The first kappa shape index (κ1) is 11.3. The Morgan fingerprint density at radius 3 is 2.41 bits per heavy atom. The Morgan fingerprint density at radius 2 is 1.82 bits per heavy atom. The van der Waals surface area contributed by atoms with Crippen molar-refractivity contribution in [3.8, 4) is 0 Å². The van der Waals surface area contributed by atoms with Gasteiger partial charge < -0.3 is 14.7 Å². The largest absolute Gasteiger partial charge is 0.465 e. The van der Waals surface area contributed by atoms with E-state index in [1.165, 1.54) is 17.7 Å². The number of amides is 1. The maximum atomic E-state index is 10.6. The molecule has 2 unspecified atom stereocenters. The summed E-state index contributed by atoms with van der Waals surface area (Å²) in [5.41, 5.74) is 0. The van der Waals surface area contributed by atoms with Crippen molar-refractivity contribution in [2.24, 2.45) is 5.92 Å². The van der Waals surface area contributed by atoms with Crippen LogP contribution in [0, 0.1) is 5.92 Å². The summed E-state index contributed by atoms with van der Waals surface area (Å²) in [6.07, 6.45) is 3.72. The minimum absolute atomic E-state index is 0.464. The van der Waals surface area contributed by atoms with Gasteiger partial charge in [-0.15, -0.1) is 0 Å². The van der Waals surface area contributed by atoms with Crippen molar-refractivity contribution in [2.45, 2.75) is 31.5 Å². The van der Waals surface area contributed by atoms with E-state index in [-0.39, 0.29) is 0 Å². The fourth-order valence-electron chi connectivity index (χ4n) is 3.16. The third-order valence-electron chi connectivity index (χ3n) is 4.20. The highest BCUT2D eigenvalue weighted by molar-refractivity contribution is 5.65. The van der Waals surface area contributed by atoms with Crippen LogP contribution in [0.1, 0.15) is 19.3 Å². The van der Waals surface area contributed by atoms with Crippen molar-refractivity contribution in [3.63, 3.8) is 0 Å². The Bertz CT molecular complexity index is 292. The molecule has 0 aromatic carbocycles. The van der Waals surface area contributed by atoms with E-state index < -0.39 is 6.09 Å². The van der Waals surface area contributed by atoms with E-state index in [1.54, 1.807) is 0 Å². The third kappa shape index (κ3) is 2.40. The van der Waals surface area contributed by atoms with Crippen molar-refractivity contribution in [1.29, 1.82) is 0 Å². The molecule has 3 fully saturated rings. The topological polar surface area (TPSA) is 53.0 Å². The minimum Gasteiger partial charge on any atom is -0.465 e. The summed E-state index contributed by atoms with van der Waals surface area (Å²) in [6, 6.07) is 0. The third-order valence-corrected chi connectivity index (χ3v) is 4.20. The average Bonchev–Trinajstić information content (AvgIpc) is 2.55. The van der Waals surface area contributed by atoms with Crippen molar-refractivity contribution in [2.75, 3.05) is 32.7 Å². The Morgan fingerprint density at radius 1 is 1.18 bits per heavy atom. The second-order valence-corrected chi connectivity index (χ2v) is 5.56. The zero-order chi connectivity index (χ0) is 11.8. The number of likely N-dealkylation sites (tertiary alicyclic amines) is 2. The second-order valence-electron chi connectivity index (χ2n) is 5.56. The molecule has 3 saturated heterocycles. The predicted molar refractivity (Wildman–Crippen MR) is 62.0 cm³/mol. The van der Waals surface area contributed by atoms with E-state index >= 15 is 0 Å². The predicted octanol–water partition coefficient (Wildman–Crippen LogP) is 0.849. The number of morpholine rings is 1. The molecule has 0 saturated carbocycles. The van der Waals surface area contributed by atoms with Crippen LogP contribution in [-0.2, 0) is 4.74 Å². The van der Waals surface area contributed by atoms with E-state index in [0.717, 1.165) is 39.1 Å². The van der Waals surface area contributed by atoms with Crippen LogP contribution in [0.2, 0.25) is 0 Å². The molecular weight excluding hydrogens is 220 g/mol. The molecule has 3 rings (SSSR count). The summed E-state index contributed by atoms with van der Waals surface area (Å²) in [5, 5.41) is 8.74. The lowest BCUT2D eigenvalue weighted by Gasteiger charge is -2.39. The van der Waals surface area contributed by atoms with E-state index in [9.17, 15) is 4.79 Å². The molecule has 3 aliphatic heterocycles. The van der Waals surface area contributed by atoms with Gasteiger partial charge in [0, 0.05) is 26.2 Å². The molecule has 0 aromatic heterocycles. The van der Waals surface area contributed by atoms with Crippen molar-refractivity contribution >= 4 is 6.09 Å². The number of rotatable bonds is 3. The highest BCUT2D eigenvalue weighted by Gasteiger charge is 2.35. The molecule has 1 amide bonds. The molecule has 2 bridgehead atoms. The highest BCUT2D eigenvalue weighted by atomic mass is 16.5. The number of ether oxygens (including phenoxy) is 1. The van der Waals surface area contributed by atoms with Crippen molar-refractivity contribution in [1.82, 2.24) is 9.80 Å². The normalized spacial score (nSPS) is 33.8. The zero-order valence-electron chi connectivity index (χ0n) is 10.0. The van der Waals surface area contributed by atoms with Crippen LogP contribution in [-0.4, -0.2) is 65.9 Å². The zero-order valence-corrected chi connectivity index (χ0v) is 10.0. The number of nitrogens with zero attached hydrogens (tertiary/aromatic N) is 2. The van der Waals surface area contributed by atoms with Crippen LogP contribution < -0.4 is 0 Å². The fraction of sp³-hybridized carbons (Fsp3) is 0.917. The van der Waals surface area contributed by atoms with Crippen LogP contribution in [0.25, 0.3) is 0 Å². The maximum absolute atomic E-state index is 10.6. The SMILES string of the molecule is O=C(O)N1CC(CCN2CC3CCC(C2)O3)C1. The molecule has 3 aliphatic rings. The summed E-state index contributed by atoms with van der Waals surface area (Å²) in [4.78, 5) is 14.6. The van der Waals surface area contributed by atoms with Gasteiger partial charge in [-0.2, -0.15) is 0 Å². The Hall–Kier alpha value is -0.810. The van der Waals surface area contributed by atoms with Crippen LogP contribution in [0.4, 0.5) is 4.79 Å². The molecule has 5 heteroatoms. The maximum Gasteiger partial charge on any atom is 0.407 e. The van der Waals surface area contributed by atoms with Crippen molar-refractivity contribution in [3.05, 3.63) is 0 Å². The number of fused-ring (bicyclic) bond motifs is 2. The van der Waals surface area contributed by atoms with Gasteiger partial charge in [0.25, 0.3) is 0 Å². The number of hydrogen-bond acceptors (Lipinski definition) is 3. The van der Waals surface area contributed by atoms with Gasteiger partial charge in [-0.1, -0.05) is 0 Å². The Kier molecular flexibility index (Phi) is 2.96. The molecular formula is C12H20N2O3. The minimum atomic E-state index is -0.773. The van der Waals surface area contributed by atoms with Gasteiger partial charge in [0.15, 0.2) is 0 Å². The first-order valence-corrected chi connectivity index (χ1v) is 6.56. The van der Waals surface area contributed by atoms with Gasteiger partial charge in [0.05, 0.1) is 12.2 Å². The summed E-state index contributed by atoms with van der Waals surface area (Å²) in [7, 11) is 0. The average molecular weight is 240 g/mol. The van der Waals surface area contributed by atoms with Gasteiger partial charge in [-0.05, 0) is 31.7 Å². The Balaban J connectivity index is 1.37. The number of carboxylic acid groups (broad SMARTS) is 1. The molecule has 96 valence electrons. The first-order chi connectivity index (χ1) is 8.20. The molecule has 3 heterocycles. The molecule has 0 aliphatic carbocycles. The fourth-order valence-corrected chi connectivity index (χ4v) is 3.16. The van der Waals surface area contributed by atoms with Gasteiger partial charge in [-0.25, -0.2) is 4.79 Å². The highest BCUT2D eigenvalue weighted by Crippen LogP contribution is 2.27. The Labute approximate surface area is 101 Å². The number of hydrogen-bond donors (Lipinski definition) is 1. The van der Waals surface area contributed by atoms with Crippen LogP contribution >= 0.6 is 0 Å². The summed E-state index contributed by atoms with van der Waals surface area (Å²) in [6.45, 7) is 4.71. The second kappa shape index (κ2) is 4.46. The molecule has 1 N–H and O–H groups in total. The first-order valence-electron chi connectivity index (χ1n) is 6.56. The lowest BCUT2D eigenvalue weighted by Crippen LogP contribution is -2.51. The summed E-state index contributed by atoms with van der Waals surface area (Å²) < 4.78 is 5.80. The standard InChI is InChI=1S/C12H20N2O3/c15-12(16)14-5-9(6-14)3-4-13-7-10-1-2-11(8-13)17-10/h9-11H,1-8H2,(H,15,16). The summed E-state index contributed by atoms with van der Waals surface area (Å²) >= 11 is 0. The van der Waals surface area contributed by atoms with E-state index in [0.29, 0.717) is 18.1 Å². The molecule has 5 nitrogen and oxygen atoms in total. The lowest BCUT2D eigenvalue weighted by molar-refractivity contribution is -0.0415. The van der Waals surface area contributed by atoms with Crippen molar-refractivity contribution < 1.29 is 14.6 Å². The molecule has 0 aromatic rings. The van der Waals surface area contributed by atoms with Gasteiger partial charge in [-0.3, -0.25) is 4.90 Å². The van der Waals surface area contributed by atoms with Gasteiger partial charge in [0.1, 0.15) is 0 Å². The lowest BCUT2D eigenvalue weighted by atomic mass is 9.96. The van der Waals surface area contributed by atoms with Crippen LogP contribution in [0.15, 0.2) is 0 Å². The number of carbonyl (C=O) groups is 1. The van der Waals surface area contributed by atoms with E-state index in [2.05, 4.69) is 4.90 Å². The molecule has 2 atom stereocenters. The van der Waals surface area contributed by atoms with Gasteiger partial charge >= 0.3 is 6.09 Å². The smallest absolute Gasteiger partial charge is 0.407 e.